The standard InChI is InChI=1S/C14H16F9IO4/c1-4-8(2,24)7(25)27-10(13(18,19)20)5-9(3,12(15,16)17)28-11(26,6-10)14(21,22)23/h26H,4-6H2,1-3H3. The largest absolute Gasteiger partial charge is 0.448 e. The first kappa shape index (κ1) is 25.5. The highest BCUT2D eigenvalue weighted by Crippen LogP contribution is 2.58. The van der Waals surface area contributed by atoms with Crippen LogP contribution in [-0.2, 0) is 14.3 Å². The topological polar surface area (TPSA) is 55.8 Å². The van der Waals surface area contributed by atoms with E-state index in [2.05, 4.69) is 9.47 Å². The van der Waals surface area contributed by atoms with Crippen molar-refractivity contribution in [3.05, 3.63) is 0 Å². The van der Waals surface area contributed by atoms with Crippen LogP contribution in [-0.4, -0.2) is 50.0 Å². The summed E-state index contributed by atoms with van der Waals surface area (Å²) in [5, 5.41) is 9.64. The summed E-state index contributed by atoms with van der Waals surface area (Å²) in [5.74, 6) is -6.54. The molecular weight excluding hydrogens is 530 g/mol. The summed E-state index contributed by atoms with van der Waals surface area (Å²) in [5.41, 5.74) is -8.41. The fraction of sp³-hybridized carbons (Fsp3) is 0.929. The van der Waals surface area contributed by atoms with Gasteiger partial charge in [0.15, 0.2) is 5.60 Å². The molecule has 0 aromatic carbocycles. The van der Waals surface area contributed by atoms with Gasteiger partial charge in [-0.2, -0.15) is 39.5 Å². The van der Waals surface area contributed by atoms with Crippen molar-refractivity contribution in [1.82, 2.24) is 0 Å². The van der Waals surface area contributed by atoms with Crippen LogP contribution in [0.15, 0.2) is 0 Å². The van der Waals surface area contributed by atoms with E-state index in [1.165, 1.54) is 29.5 Å². The van der Waals surface area contributed by atoms with Crippen molar-refractivity contribution in [3.63, 3.8) is 0 Å². The van der Waals surface area contributed by atoms with E-state index in [1.807, 2.05) is 0 Å². The Morgan fingerprint density at radius 1 is 1.04 bits per heavy atom. The summed E-state index contributed by atoms with van der Waals surface area (Å²) >= 11 is 1.37. The molecule has 1 heterocycles. The molecule has 0 saturated carbocycles. The first-order valence-electron chi connectivity index (χ1n) is 7.61. The maximum Gasteiger partial charge on any atom is 0.443 e. The summed E-state index contributed by atoms with van der Waals surface area (Å²) in [6, 6.07) is 0. The smallest absolute Gasteiger partial charge is 0.443 e. The summed E-state index contributed by atoms with van der Waals surface area (Å²) < 4.78 is 127. The van der Waals surface area contributed by atoms with Gasteiger partial charge in [-0.3, -0.25) is 4.79 Å². The van der Waals surface area contributed by atoms with Gasteiger partial charge in [-0.05, 0) is 20.3 Å². The number of rotatable bonds is 3. The predicted octanol–water partition coefficient (Wildman–Crippen LogP) is 4.82. The highest BCUT2D eigenvalue weighted by molar-refractivity contribution is 14.1. The highest BCUT2D eigenvalue weighted by atomic mass is 127. The number of hydrogen-bond acceptors (Lipinski definition) is 4. The minimum absolute atomic E-state index is 0.0831. The van der Waals surface area contributed by atoms with Crippen molar-refractivity contribution in [1.29, 1.82) is 0 Å². The average Bonchev–Trinajstić information content (AvgIpc) is 2.42. The monoisotopic (exact) mass is 546 g/mol. The van der Waals surface area contributed by atoms with Crippen molar-refractivity contribution < 1.29 is 58.9 Å². The molecule has 0 amide bonds. The third kappa shape index (κ3) is 4.47. The van der Waals surface area contributed by atoms with Gasteiger partial charge in [0, 0.05) is 6.42 Å². The maximum atomic E-state index is 13.7. The van der Waals surface area contributed by atoms with Crippen LogP contribution in [0.5, 0.6) is 0 Å². The molecule has 4 unspecified atom stereocenters. The predicted molar refractivity (Wildman–Crippen MR) is 83.4 cm³/mol. The lowest BCUT2D eigenvalue weighted by atomic mass is 9.77. The van der Waals surface area contributed by atoms with E-state index in [0.29, 0.717) is 0 Å². The normalized spacial score (nSPS) is 34.6. The summed E-state index contributed by atoms with van der Waals surface area (Å²) in [6.07, 6.45) is -22.5. The van der Waals surface area contributed by atoms with Gasteiger partial charge < -0.3 is 14.6 Å². The quantitative estimate of drug-likeness (QED) is 0.239. The minimum Gasteiger partial charge on any atom is -0.448 e. The van der Waals surface area contributed by atoms with Crippen LogP contribution in [0, 0.1) is 0 Å². The average molecular weight is 546 g/mol. The molecular formula is C14H16F9IO4. The van der Waals surface area contributed by atoms with E-state index in [1.54, 1.807) is 0 Å². The number of aliphatic hydroxyl groups is 1. The van der Waals surface area contributed by atoms with Crippen LogP contribution in [0.25, 0.3) is 0 Å². The molecule has 0 spiro atoms. The van der Waals surface area contributed by atoms with Crippen LogP contribution in [0.4, 0.5) is 39.5 Å². The summed E-state index contributed by atoms with van der Waals surface area (Å²) in [4.78, 5) is 12.1. The zero-order chi connectivity index (χ0) is 22.6. The lowest BCUT2D eigenvalue weighted by molar-refractivity contribution is -0.470. The third-order valence-corrected chi connectivity index (χ3v) is 5.68. The number of hydrogen-bond donors (Lipinski definition) is 1. The second-order valence-corrected chi connectivity index (χ2v) is 9.28. The fourth-order valence-electron chi connectivity index (χ4n) is 2.51. The molecule has 1 N–H and O–H groups in total. The molecule has 0 radical (unpaired) electrons. The zero-order valence-electron chi connectivity index (χ0n) is 14.6. The van der Waals surface area contributed by atoms with Crippen LogP contribution >= 0.6 is 22.6 Å². The van der Waals surface area contributed by atoms with E-state index in [0.717, 1.165) is 6.92 Å². The molecule has 1 aliphatic heterocycles. The molecule has 4 nitrogen and oxygen atoms in total. The lowest BCUT2D eigenvalue weighted by Gasteiger charge is -2.52. The summed E-state index contributed by atoms with van der Waals surface area (Å²) in [6.45, 7) is 2.36. The van der Waals surface area contributed by atoms with Gasteiger partial charge in [-0.25, -0.2) is 0 Å². The van der Waals surface area contributed by atoms with E-state index in [9.17, 15) is 49.4 Å². The molecule has 1 fully saturated rings. The Hall–Kier alpha value is -0.510. The Morgan fingerprint density at radius 3 is 1.82 bits per heavy atom. The molecule has 0 aliphatic carbocycles. The first-order chi connectivity index (χ1) is 12.1. The summed E-state index contributed by atoms with van der Waals surface area (Å²) in [7, 11) is 0. The van der Waals surface area contributed by atoms with Crippen molar-refractivity contribution in [2.45, 2.75) is 79.0 Å². The van der Waals surface area contributed by atoms with Gasteiger partial charge in [0.05, 0.1) is 6.42 Å². The highest BCUT2D eigenvalue weighted by Gasteiger charge is 2.77. The number of carbonyl (C=O) groups excluding carboxylic acids is 1. The number of carbonyl (C=O) groups is 1. The molecule has 4 atom stereocenters. The fourth-order valence-corrected chi connectivity index (χ4v) is 2.62. The van der Waals surface area contributed by atoms with Gasteiger partial charge >= 0.3 is 24.5 Å². The lowest BCUT2D eigenvalue weighted by Crippen LogP contribution is -2.71. The molecule has 166 valence electrons. The van der Waals surface area contributed by atoms with Crippen molar-refractivity contribution in [2.24, 2.45) is 0 Å². The van der Waals surface area contributed by atoms with Crippen LogP contribution in [0.2, 0.25) is 0 Å². The van der Waals surface area contributed by atoms with Crippen LogP contribution in [0.1, 0.15) is 40.0 Å². The Morgan fingerprint density at radius 2 is 1.50 bits per heavy atom. The van der Waals surface area contributed by atoms with Crippen molar-refractivity contribution in [2.75, 3.05) is 0 Å². The Labute approximate surface area is 166 Å². The molecule has 0 bridgehead atoms. The van der Waals surface area contributed by atoms with Crippen LogP contribution < -0.4 is 0 Å². The number of alkyl halides is 10. The molecule has 0 aromatic rings. The molecule has 1 aliphatic rings. The molecule has 0 aromatic heterocycles. The second kappa shape index (κ2) is 7.03. The van der Waals surface area contributed by atoms with E-state index in [4.69, 9.17) is 0 Å². The van der Waals surface area contributed by atoms with Gasteiger partial charge in [-0.15, -0.1) is 0 Å². The van der Waals surface area contributed by atoms with E-state index >= 15 is 0 Å². The second-order valence-electron chi connectivity index (χ2n) is 6.90. The molecule has 28 heavy (non-hydrogen) atoms. The van der Waals surface area contributed by atoms with Gasteiger partial charge in [0.1, 0.15) is 3.42 Å². The third-order valence-electron chi connectivity index (χ3n) is 4.48. The minimum atomic E-state index is -6.04. The first-order valence-corrected chi connectivity index (χ1v) is 8.69. The SMILES string of the molecule is CCC(C)(I)C(=O)OC1(C(F)(F)F)CC(C)(C(F)(F)F)OC(O)(C(F)(F)F)C1. The zero-order valence-corrected chi connectivity index (χ0v) is 16.7. The molecule has 1 saturated heterocycles. The molecule has 14 heteroatoms. The number of esters is 1. The van der Waals surface area contributed by atoms with E-state index < -0.39 is 57.8 Å². The Bertz CT molecular complexity index is 585. The van der Waals surface area contributed by atoms with Gasteiger partial charge in [0.25, 0.3) is 5.79 Å². The number of ether oxygens (including phenoxy) is 2. The van der Waals surface area contributed by atoms with Gasteiger partial charge in [0.2, 0.25) is 5.60 Å². The van der Waals surface area contributed by atoms with Gasteiger partial charge in [-0.1, -0.05) is 29.5 Å². The molecule has 1 rings (SSSR count). The van der Waals surface area contributed by atoms with Crippen molar-refractivity contribution in [3.8, 4) is 0 Å². The maximum absolute atomic E-state index is 13.7. The van der Waals surface area contributed by atoms with Crippen molar-refractivity contribution >= 4 is 28.6 Å². The Balaban J connectivity index is 3.67. The number of halogens is 10. The van der Waals surface area contributed by atoms with Crippen LogP contribution in [0.3, 0.4) is 0 Å². The van der Waals surface area contributed by atoms with E-state index in [-0.39, 0.29) is 13.3 Å². The Kier molecular flexibility index (Phi) is 6.41.